The van der Waals surface area contributed by atoms with E-state index in [4.69, 9.17) is 9.47 Å². The highest BCUT2D eigenvalue weighted by Crippen LogP contribution is 2.35. The lowest BCUT2D eigenvalue weighted by Gasteiger charge is -2.20. The molecule has 1 aromatic heterocycles. The second-order valence-electron chi connectivity index (χ2n) is 5.53. The molecule has 1 aliphatic rings. The topological polar surface area (TPSA) is 68.7 Å². The molecule has 2 aromatic rings. The normalized spacial score (nSPS) is 13.4. The minimum atomic E-state index is -0.171. The second kappa shape index (κ2) is 7.00. The maximum atomic E-state index is 12.1. The summed E-state index contributed by atoms with van der Waals surface area (Å²) in [6.07, 6.45) is 1.82. The summed E-state index contributed by atoms with van der Waals surface area (Å²) in [6, 6.07) is 7.26. The number of esters is 1. The van der Waals surface area contributed by atoms with Crippen molar-refractivity contribution >= 4 is 34.0 Å². The molecule has 0 aliphatic heterocycles. The van der Waals surface area contributed by atoms with E-state index in [1.807, 2.05) is 12.1 Å². The number of anilines is 2. The molecule has 0 saturated heterocycles. The first-order valence-electron chi connectivity index (χ1n) is 7.65. The van der Waals surface area contributed by atoms with Crippen LogP contribution in [0.15, 0.2) is 29.6 Å². The number of thiazole rings is 1. The maximum Gasteiger partial charge on any atom is 0.309 e. The van der Waals surface area contributed by atoms with Gasteiger partial charge in [0.1, 0.15) is 12.4 Å². The van der Waals surface area contributed by atoms with E-state index in [1.54, 1.807) is 24.6 Å². The summed E-state index contributed by atoms with van der Waals surface area (Å²) in [5.74, 6) is 0.308. The molecular weight excluding hydrogens is 328 g/mol. The lowest BCUT2D eigenvalue weighted by atomic mass is 10.2. The van der Waals surface area contributed by atoms with Crippen molar-refractivity contribution in [3.8, 4) is 5.75 Å². The van der Waals surface area contributed by atoms with Gasteiger partial charge < -0.3 is 9.47 Å². The summed E-state index contributed by atoms with van der Waals surface area (Å²) in [7, 11) is 1.56. The highest BCUT2D eigenvalue weighted by Gasteiger charge is 2.31. The van der Waals surface area contributed by atoms with Gasteiger partial charge >= 0.3 is 5.97 Å². The molecule has 1 aliphatic carbocycles. The summed E-state index contributed by atoms with van der Waals surface area (Å²) in [4.78, 5) is 29.7. The third kappa shape index (κ3) is 3.56. The molecule has 0 unspecified atom stereocenters. The van der Waals surface area contributed by atoms with Crippen molar-refractivity contribution in [2.75, 3.05) is 12.0 Å². The van der Waals surface area contributed by atoms with Gasteiger partial charge in [-0.3, -0.25) is 14.5 Å². The minimum Gasteiger partial charge on any atom is -0.495 e. The first kappa shape index (κ1) is 16.4. The van der Waals surface area contributed by atoms with Crippen LogP contribution >= 0.6 is 11.3 Å². The molecular formula is C17H18N2O4S. The fourth-order valence-electron chi connectivity index (χ4n) is 2.27. The Morgan fingerprint density at radius 1 is 1.33 bits per heavy atom. The van der Waals surface area contributed by atoms with E-state index in [0.29, 0.717) is 22.3 Å². The molecule has 1 heterocycles. The highest BCUT2D eigenvalue weighted by molar-refractivity contribution is 7.14. The standard InChI is InChI=1S/C17H18N2O4S/c1-11(20)19(14-5-3-4-6-15(14)22-2)17-18-13(10-24-17)9-23-16(21)12-7-8-12/h3-6,10,12H,7-9H2,1-2H3. The number of hydrogen-bond donors (Lipinski definition) is 0. The largest absolute Gasteiger partial charge is 0.495 e. The van der Waals surface area contributed by atoms with Crippen molar-refractivity contribution in [2.45, 2.75) is 26.4 Å². The molecule has 1 saturated carbocycles. The number of hydrogen-bond acceptors (Lipinski definition) is 6. The molecule has 0 atom stereocenters. The van der Waals surface area contributed by atoms with E-state index in [0.717, 1.165) is 12.8 Å². The van der Waals surface area contributed by atoms with Crippen LogP contribution in [0, 0.1) is 5.92 Å². The molecule has 24 heavy (non-hydrogen) atoms. The zero-order valence-corrected chi connectivity index (χ0v) is 14.3. The molecule has 0 radical (unpaired) electrons. The van der Waals surface area contributed by atoms with Crippen LogP contribution in [0.5, 0.6) is 5.75 Å². The van der Waals surface area contributed by atoms with Gasteiger partial charge in [0.05, 0.1) is 24.4 Å². The third-order valence-corrected chi connectivity index (χ3v) is 4.52. The van der Waals surface area contributed by atoms with Gasteiger partial charge in [0.2, 0.25) is 5.91 Å². The molecule has 0 bridgehead atoms. The van der Waals surface area contributed by atoms with Crippen LogP contribution in [0.4, 0.5) is 10.8 Å². The van der Waals surface area contributed by atoms with Crippen LogP contribution < -0.4 is 9.64 Å². The summed E-state index contributed by atoms with van der Waals surface area (Å²) in [5.41, 5.74) is 1.26. The second-order valence-corrected chi connectivity index (χ2v) is 6.37. The fraction of sp³-hybridized carbons (Fsp3) is 0.353. The SMILES string of the molecule is COc1ccccc1N(C(C)=O)c1nc(COC(=O)C2CC2)cs1. The zero-order valence-electron chi connectivity index (χ0n) is 13.5. The van der Waals surface area contributed by atoms with Crippen molar-refractivity contribution in [3.05, 3.63) is 35.3 Å². The van der Waals surface area contributed by atoms with Gasteiger partial charge in [-0.2, -0.15) is 0 Å². The number of carbonyl (C=O) groups is 2. The summed E-state index contributed by atoms with van der Waals surface area (Å²) in [6.45, 7) is 1.60. The van der Waals surface area contributed by atoms with Crippen LogP contribution in [0.3, 0.4) is 0 Å². The molecule has 3 rings (SSSR count). The van der Waals surface area contributed by atoms with Crippen LogP contribution in [0.1, 0.15) is 25.5 Å². The van der Waals surface area contributed by atoms with E-state index in [-0.39, 0.29) is 24.4 Å². The Balaban J connectivity index is 1.79. The van der Waals surface area contributed by atoms with Crippen molar-refractivity contribution in [2.24, 2.45) is 5.92 Å². The van der Waals surface area contributed by atoms with E-state index >= 15 is 0 Å². The average Bonchev–Trinajstić information content (AvgIpc) is 3.33. The predicted octanol–water partition coefficient (Wildman–Crippen LogP) is 3.29. The smallest absolute Gasteiger partial charge is 0.309 e. The Hall–Kier alpha value is -2.41. The predicted molar refractivity (Wildman–Crippen MR) is 90.4 cm³/mol. The van der Waals surface area contributed by atoms with Crippen molar-refractivity contribution < 1.29 is 19.1 Å². The van der Waals surface area contributed by atoms with Crippen LogP contribution in [0.2, 0.25) is 0 Å². The van der Waals surface area contributed by atoms with Gasteiger partial charge in [-0.15, -0.1) is 11.3 Å². The summed E-state index contributed by atoms with van der Waals surface area (Å²) >= 11 is 1.32. The third-order valence-electron chi connectivity index (χ3n) is 3.64. The van der Waals surface area contributed by atoms with Gasteiger partial charge in [-0.1, -0.05) is 12.1 Å². The molecule has 1 aromatic carbocycles. The first-order valence-corrected chi connectivity index (χ1v) is 8.53. The van der Waals surface area contributed by atoms with Gasteiger partial charge in [-0.25, -0.2) is 4.98 Å². The average molecular weight is 346 g/mol. The number of para-hydroxylation sites is 2. The minimum absolute atomic E-state index is 0.0606. The van der Waals surface area contributed by atoms with Gasteiger partial charge in [0.25, 0.3) is 0 Å². The molecule has 6 nitrogen and oxygen atoms in total. The Morgan fingerprint density at radius 3 is 2.75 bits per heavy atom. The maximum absolute atomic E-state index is 12.1. The van der Waals surface area contributed by atoms with Gasteiger partial charge in [-0.05, 0) is 25.0 Å². The van der Waals surface area contributed by atoms with E-state index < -0.39 is 0 Å². The van der Waals surface area contributed by atoms with Crippen LogP contribution in [-0.4, -0.2) is 24.0 Å². The number of nitrogens with zero attached hydrogens (tertiary/aromatic N) is 2. The highest BCUT2D eigenvalue weighted by atomic mass is 32.1. The van der Waals surface area contributed by atoms with E-state index in [1.165, 1.54) is 23.2 Å². The number of aromatic nitrogens is 1. The lowest BCUT2D eigenvalue weighted by Crippen LogP contribution is -2.23. The van der Waals surface area contributed by atoms with Crippen molar-refractivity contribution in [1.29, 1.82) is 0 Å². The van der Waals surface area contributed by atoms with Crippen LogP contribution in [0.25, 0.3) is 0 Å². The fourth-order valence-corrected chi connectivity index (χ4v) is 3.13. The number of benzene rings is 1. The Kier molecular flexibility index (Phi) is 4.80. The van der Waals surface area contributed by atoms with Crippen LogP contribution in [-0.2, 0) is 20.9 Å². The number of methoxy groups -OCH3 is 1. The monoisotopic (exact) mass is 346 g/mol. The number of carbonyl (C=O) groups excluding carboxylic acids is 2. The first-order chi connectivity index (χ1) is 11.6. The molecule has 1 amide bonds. The lowest BCUT2D eigenvalue weighted by molar-refractivity contribution is -0.146. The molecule has 0 spiro atoms. The molecule has 0 N–H and O–H groups in total. The van der Waals surface area contributed by atoms with Gasteiger partial charge in [0.15, 0.2) is 5.13 Å². The Bertz CT molecular complexity index is 755. The number of ether oxygens (including phenoxy) is 2. The van der Waals surface area contributed by atoms with Crippen molar-refractivity contribution in [3.63, 3.8) is 0 Å². The quantitative estimate of drug-likeness (QED) is 0.751. The molecule has 7 heteroatoms. The zero-order chi connectivity index (χ0) is 17.1. The van der Waals surface area contributed by atoms with Gasteiger partial charge in [0, 0.05) is 12.3 Å². The number of rotatable bonds is 6. The summed E-state index contributed by atoms with van der Waals surface area (Å²) in [5, 5.41) is 2.31. The van der Waals surface area contributed by atoms with E-state index in [9.17, 15) is 9.59 Å². The molecule has 1 fully saturated rings. The number of amides is 1. The Labute approximate surface area is 144 Å². The van der Waals surface area contributed by atoms with Crippen molar-refractivity contribution in [1.82, 2.24) is 4.98 Å². The molecule has 126 valence electrons. The Morgan fingerprint density at radius 2 is 2.08 bits per heavy atom. The van der Waals surface area contributed by atoms with E-state index in [2.05, 4.69) is 4.98 Å². The summed E-state index contributed by atoms with van der Waals surface area (Å²) < 4.78 is 10.6.